The molecule has 0 atom stereocenters. The fourth-order valence-electron chi connectivity index (χ4n) is 1.99. The quantitative estimate of drug-likeness (QED) is 0.493. The van der Waals surface area contributed by atoms with E-state index in [1.807, 2.05) is 30.3 Å². The molecule has 0 aliphatic rings. The molecule has 1 N–H and O–H groups in total. The van der Waals surface area contributed by atoms with Crippen LogP contribution in [0, 0.1) is 6.92 Å². The van der Waals surface area contributed by atoms with Gasteiger partial charge >= 0.3 is 0 Å². The first-order valence-corrected chi connectivity index (χ1v) is 7.70. The standard InChI is InChI=1S/C19H16ClNO3/c1-13-16(20)8-5-9-17(13)21-19(24)18(23)12-15(22)11-10-14-6-3-2-4-7-14/h2-11H,12H2,1H3,(H,21,24). The highest BCUT2D eigenvalue weighted by Gasteiger charge is 2.17. The van der Waals surface area contributed by atoms with Crippen molar-refractivity contribution in [1.82, 2.24) is 0 Å². The Balaban J connectivity index is 1.94. The van der Waals surface area contributed by atoms with Gasteiger partial charge in [-0.2, -0.15) is 0 Å². The third kappa shape index (κ3) is 4.89. The number of halogens is 1. The first-order chi connectivity index (χ1) is 11.5. The summed E-state index contributed by atoms with van der Waals surface area (Å²) in [7, 11) is 0. The molecule has 2 aromatic rings. The van der Waals surface area contributed by atoms with Crippen molar-refractivity contribution >= 4 is 40.8 Å². The van der Waals surface area contributed by atoms with Crippen LogP contribution in [-0.2, 0) is 14.4 Å². The molecular weight excluding hydrogens is 326 g/mol. The van der Waals surface area contributed by atoms with Crippen LogP contribution in [-0.4, -0.2) is 17.5 Å². The van der Waals surface area contributed by atoms with E-state index >= 15 is 0 Å². The predicted molar refractivity (Wildman–Crippen MR) is 94.9 cm³/mol. The molecular formula is C19H16ClNO3. The third-order valence-electron chi connectivity index (χ3n) is 3.37. The lowest BCUT2D eigenvalue weighted by molar-refractivity contribution is -0.136. The van der Waals surface area contributed by atoms with Gasteiger partial charge in [-0.15, -0.1) is 0 Å². The summed E-state index contributed by atoms with van der Waals surface area (Å²) in [6.07, 6.45) is 2.43. The number of carbonyl (C=O) groups is 3. The molecule has 4 nitrogen and oxygen atoms in total. The molecule has 0 aliphatic heterocycles. The fourth-order valence-corrected chi connectivity index (χ4v) is 2.16. The molecule has 0 heterocycles. The average molecular weight is 342 g/mol. The van der Waals surface area contributed by atoms with Crippen LogP contribution in [0.15, 0.2) is 54.6 Å². The highest BCUT2D eigenvalue weighted by molar-refractivity contribution is 6.44. The molecule has 0 fully saturated rings. The zero-order valence-corrected chi connectivity index (χ0v) is 13.8. The van der Waals surface area contributed by atoms with E-state index in [2.05, 4.69) is 5.32 Å². The van der Waals surface area contributed by atoms with Crippen molar-refractivity contribution in [2.75, 3.05) is 5.32 Å². The SMILES string of the molecule is Cc1c(Cl)cccc1NC(=O)C(=O)CC(=O)C=Cc1ccccc1. The summed E-state index contributed by atoms with van der Waals surface area (Å²) in [6, 6.07) is 14.2. The number of Topliss-reactive ketones (excluding diaryl/α,β-unsaturated/α-hetero) is 1. The molecule has 0 spiro atoms. The first-order valence-electron chi connectivity index (χ1n) is 7.32. The minimum atomic E-state index is -0.832. The summed E-state index contributed by atoms with van der Waals surface area (Å²) >= 11 is 5.96. The molecule has 0 aliphatic carbocycles. The van der Waals surface area contributed by atoms with Crippen molar-refractivity contribution in [3.8, 4) is 0 Å². The Hall–Kier alpha value is -2.72. The van der Waals surface area contributed by atoms with E-state index in [9.17, 15) is 14.4 Å². The Morgan fingerprint density at radius 1 is 1.04 bits per heavy atom. The van der Waals surface area contributed by atoms with Crippen LogP contribution in [0.1, 0.15) is 17.5 Å². The van der Waals surface area contributed by atoms with E-state index < -0.39 is 23.9 Å². The molecule has 0 saturated heterocycles. The van der Waals surface area contributed by atoms with Crippen LogP contribution in [0.4, 0.5) is 5.69 Å². The number of carbonyl (C=O) groups excluding carboxylic acids is 3. The zero-order chi connectivity index (χ0) is 17.5. The number of hydrogen-bond donors (Lipinski definition) is 1. The maximum atomic E-state index is 11.9. The zero-order valence-electron chi connectivity index (χ0n) is 13.1. The minimum absolute atomic E-state index is 0.429. The van der Waals surface area contributed by atoms with Gasteiger partial charge in [0.1, 0.15) is 0 Å². The molecule has 24 heavy (non-hydrogen) atoms. The second-order valence-corrected chi connectivity index (χ2v) is 5.58. The number of benzene rings is 2. The Labute approximate surface area is 145 Å². The van der Waals surface area contributed by atoms with Gasteiger partial charge in [-0.3, -0.25) is 14.4 Å². The van der Waals surface area contributed by atoms with Crippen molar-refractivity contribution in [3.05, 3.63) is 70.8 Å². The van der Waals surface area contributed by atoms with Crippen molar-refractivity contribution in [3.63, 3.8) is 0 Å². The Bertz CT molecular complexity index is 798. The van der Waals surface area contributed by atoms with Gasteiger partial charge in [-0.05, 0) is 36.3 Å². The molecule has 0 saturated carbocycles. The summed E-state index contributed by atoms with van der Waals surface area (Å²) in [6.45, 7) is 1.73. The smallest absolute Gasteiger partial charge is 0.292 e. The van der Waals surface area contributed by atoms with Gasteiger partial charge in [0.15, 0.2) is 5.78 Å². The Morgan fingerprint density at radius 3 is 2.46 bits per heavy atom. The normalized spacial score (nSPS) is 10.6. The van der Waals surface area contributed by atoms with Crippen molar-refractivity contribution in [2.24, 2.45) is 0 Å². The van der Waals surface area contributed by atoms with Gasteiger partial charge in [0.25, 0.3) is 5.91 Å². The predicted octanol–water partition coefficient (Wildman–Crippen LogP) is 3.83. The number of allylic oxidation sites excluding steroid dienone is 1. The summed E-state index contributed by atoms with van der Waals surface area (Å²) in [4.78, 5) is 35.6. The van der Waals surface area contributed by atoms with Crippen molar-refractivity contribution in [2.45, 2.75) is 13.3 Å². The van der Waals surface area contributed by atoms with Gasteiger partial charge in [-0.25, -0.2) is 0 Å². The number of rotatable bonds is 6. The van der Waals surface area contributed by atoms with Crippen LogP contribution < -0.4 is 5.32 Å². The summed E-state index contributed by atoms with van der Waals surface area (Å²) in [5, 5.41) is 2.97. The topological polar surface area (TPSA) is 63.2 Å². The van der Waals surface area contributed by atoms with E-state index in [0.29, 0.717) is 16.3 Å². The number of amides is 1. The number of nitrogens with one attached hydrogen (secondary N) is 1. The van der Waals surface area contributed by atoms with Crippen LogP contribution in [0.3, 0.4) is 0 Å². The van der Waals surface area contributed by atoms with Crippen molar-refractivity contribution < 1.29 is 14.4 Å². The number of anilines is 1. The molecule has 5 heteroatoms. The summed E-state index contributed by atoms with van der Waals surface area (Å²) in [5.41, 5.74) is 1.96. The maximum absolute atomic E-state index is 11.9. The average Bonchev–Trinajstić information content (AvgIpc) is 2.58. The molecule has 1 amide bonds. The van der Waals surface area contributed by atoms with Crippen LogP contribution in [0.2, 0.25) is 5.02 Å². The molecule has 0 unspecified atom stereocenters. The monoisotopic (exact) mass is 341 g/mol. The second-order valence-electron chi connectivity index (χ2n) is 5.18. The lowest BCUT2D eigenvalue weighted by Crippen LogP contribution is -2.25. The molecule has 2 rings (SSSR count). The van der Waals surface area contributed by atoms with E-state index in [4.69, 9.17) is 11.6 Å². The lowest BCUT2D eigenvalue weighted by atomic mass is 10.1. The molecule has 0 aromatic heterocycles. The minimum Gasteiger partial charge on any atom is -0.319 e. The Morgan fingerprint density at radius 2 is 1.75 bits per heavy atom. The highest BCUT2D eigenvalue weighted by Crippen LogP contribution is 2.22. The van der Waals surface area contributed by atoms with Gasteiger partial charge in [0.2, 0.25) is 5.78 Å². The lowest BCUT2D eigenvalue weighted by Gasteiger charge is -2.08. The largest absolute Gasteiger partial charge is 0.319 e. The number of hydrogen-bond acceptors (Lipinski definition) is 3. The van der Waals surface area contributed by atoms with Crippen LogP contribution in [0.25, 0.3) is 6.08 Å². The van der Waals surface area contributed by atoms with Crippen LogP contribution in [0.5, 0.6) is 0 Å². The highest BCUT2D eigenvalue weighted by atomic mass is 35.5. The van der Waals surface area contributed by atoms with Crippen molar-refractivity contribution in [1.29, 1.82) is 0 Å². The van der Waals surface area contributed by atoms with E-state index in [0.717, 1.165) is 5.56 Å². The van der Waals surface area contributed by atoms with E-state index in [1.54, 1.807) is 31.2 Å². The first kappa shape index (κ1) is 17.6. The summed E-state index contributed by atoms with van der Waals surface area (Å²) in [5.74, 6) is -2.05. The van der Waals surface area contributed by atoms with Gasteiger partial charge in [0, 0.05) is 10.7 Å². The fraction of sp³-hybridized carbons (Fsp3) is 0.105. The van der Waals surface area contributed by atoms with E-state index in [1.165, 1.54) is 6.08 Å². The van der Waals surface area contributed by atoms with E-state index in [-0.39, 0.29) is 0 Å². The van der Waals surface area contributed by atoms with Gasteiger partial charge in [0.05, 0.1) is 6.42 Å². The third-order valence-corrected chi connectivity index (χ3v) is 3.77. The maximum Gasteiger partial charge on any atom is 0.292 e. The second kappa shape index (κ2) is 8.22. The molecule has 122 valence electrons. The molecule has 2 aromatic carbocycles. The molecule has 0 radical (unpaired) electrons. The summed E-state index contributed by atoms with van der Waals surface area (Å²) < 4.78 is 0. The Kier molecular flexibility index (Phi) is 6.04. The van der Waals surface area contributed by atoms with Gasteiger partial charge in [-0.1, -0.05) is 54.1 Å². The van der Waals surface area contributed by atoms with Crippen LogP contribution >= 0.6 is 11.6 Å². The molecule has 0 bridgehead atoms. The number of ketones is 2. The van der Waals surface area contributed by atoms with Gasteiger partial charge < -0.3 is 5.32 Å².